The van der Waals surface area contributed by atoms with Gasteiger partial charge in [0.15, 0.2) is 5.78 Å². The lowest BCUT2D eigenvalue weighted by molar-refractivity contribution is -0.135. The van der Waals surface area contributed by atoms with Crippen LogP contribution in [0.4, 0.5) is 0 Å². The Morgan fingerprint density at radius 1 is 1.30 bits per heavy atom. The number of carbonyl (C=O) groups is 2. The summed E-state index contributed by atoms with van der Waals surface area (Å²) in [6, 6.07) is 0. The fourth-order valence-corrected chi connectivity index (χ4v) is 1.30. The second-order valence-electron chi connectivity index (χ2n) is 5.45. The maximum Gasteiger partial charge on any atom is 0.267 e. The van der Waals surface area contributed by atoms with Crippen molar-refractivity contribution in [2.75, 3.05) is 13.7 Å². The predicted molar refractivity (Wildman–Crippen MR) is 78.0 cm³/mol. The fraction of sp³-hybridized carbons (Fsp3) is 0.400. The van der Waals surface area contributed by atoms with Gasteiger partial charge in [-0.3, -0.25) is 9.59 Å². The number of hydrogen-bond acceptors (Lipinski definition) is 4. The first-order valence-corrected chi connectivity index (χ1v) is 6.26. The third-order valence-electron chi connectivity index (χ3n) is 2.69. The zero-order valence-corrected chi connectivity index (χ0v) is 12.3. The second-order valence-corrected chi connectivity index (χ2v) is 5.45. The minimum absolute atomic E-state index is 0.0829. The van der Waals surface area contributed by atoms with E-state index in [1.807, 2.05) is 0 Å². The standard InChI is InChI=1S/C15H20N2O3/c1-11-6-8-13(20-5)16-17(14(19)9-7-11)10-12(18)15(2,3)4/h6-9H,1,10H2,2-5H3/b8-6-,9-7-,16-13+. The van der Waals surface area contributed by atoms with E-state index < -0.39 is 5.41 Å². The quantitative estimate of drug-likeness (QED) is 0.775. The number of allylic oxidation sites excluding steroid dienone is 3. The molecule has 1 aliphatic heterocycles. The molecule has 0 fully saturated rings. The van der Waals surface area contributed by atoms with Gasteiger partial charge >= 0.3 is 0 Å². The fourth-order valence-electron chi connectivity index (χ4n) is 1.30. The van der Waals surface area contributed by atoms with Crippen molar-refractivity contribution < 1.29 is 14.3 Å². The maximum atomic E-state index is 12.1. The first-order chi connectivity index (χ1) is 9.24. The number of hydrogen-bond donors (Lipinski definition) is 0. The molecular formula is C15H20N2O3. The molecule has 1 amide bonds. The second kappa shape index (κ2) is 6.32. The summed E-state index contributed by atoms with van der Waals surface area (Å²) >= 11 is 0. The van der Waals surface area contributed by atoms with Crippen molar-refractivity contribution in [3.63, 3.8) is 0 Å². The van der Waals surface area contributed by atoms with Crippen LogP contribution in [-0.4, -0.2) is 36.3 Å². The minimum Gasteiger partial charge on any atom is -0.480 e. The molecule has 0 atom stereocenters. The van der Waals surface area contributed by atoms with Crippen molar-refractivity contribution in [1.82, 2.24) is 5.01 Å². The van der Waals surface area contributed by atoms with Gasteiger partial charge in [-0.05, 0) is 5.57 Å². The number of methoxy groups -OCH3 is 1. The number of ether oxygens (including phenoxy) is 1. The third-order valence-corrected chi connectivity index (χ3v) is 2.69. The van der Waals surface area contributed by atoms with Gasteiger partial charge in [0.25, 0.3) is 5.91 Å². The van der Waals surface area contributed by atoms with E-state index in [1.54, 1.807) is 39.0 Å². The molecule has 0 bridgehead atoms. The molecule has 5 nitrogen and oxygen atoms in total. The van der Waals surface area contributed by atoms with E-state index in [9.17, 15) is 9.59 Å². The number of amides is 1. The molecule has 20 heavy (non-hydrogen) atoms. The Balaban J connectivity index is 3.07. The van der Waals surface area contributed by atoms with Gasteiger partial charge in [-0.15, -0.1) is 5.10 Å². The van der Waals surface area contributed by atoms with Gasteiger partial charge < -0.3 is 4.74 Å². The van der Waals surface area contributed by atoms with Crippen molar-refractivity contribution in [2.24, 2.45) is 10.5 Å². The van der Waals surface area contributed by atoms with Gasteiger partial charge in [0.05, 0.1) is 7.11 Å². The smallest absolute Gasteiger partial charge is 0.267 e. The lowest BCUT2D eigenvalue weighted by atomic mass is 9.91. The molecule has 1 heterocycles. The molecule has 0 saturated heterocycles. The highest BCUT2D eigenvalue weighted by atomic mass is 16.5. The third kappa shape index (κ3) is 4.50. The van der Waals surface area contributed by atoms with E-state index in [-0.39, 0.29) is 24.1 Å². The van der Waals surface area contributed by atoms with Crippen LogP contribution in [0.25, 0.3) is 0 Å². The van der Waals surface area contributed by atoms with Gasteiger partial charge in [-0.2, -0.15) is 0 Å². The van der Waals surface area contributed by atoms with Gasteiger partial charge in [0.2, 0.25) is 5.90 Å². The topological polar surface area (TPSA) is 59.0 Å². The molecule has 108 valence electrons. The van der Waals surface area contributed by atoms with Gasteiger partial charge in [0, 0.05) is 17.6 Å². The lowest BCUT2D eigenvalue weighted by Gasteiger charge is -2.21. The molecule has 0 aromatic heterocycles. The number of rotatable bonds is 2. The molecule has 5 heteroatoms. The Kier molecular flexibility index (Phi) is 5.02. The van der Waals surface area contributed by atoms with Crippen LogP contribution in [0.2, 0.25) is 0 Å². The number of Topliss-reactive ketones (excluding diaryl/α,β-unsaturated/α-hetero) is 1. The number of carbonyl (C=O) groups excluding carboxylic acids is 2. The Bertz CT molecular complexity index is 508. The van der Waals surface area contributed by atoms with Crippen LogP contribution in [0.15, 0.2) is 41.6 Å². The summed E-state index contributed by atoms with van der Waals surface area (Å²) < 4.78 is 5.07. The summed E-state index contributed by atoms with van der Waals surface area (Å²) in [5.74, 6) is -0.229. The van der Waals surface area contributed by atoms with Crippen LogP contribution >= 0.6 is 0 Å². The molecule has 1 rings (SSSR count). The van der Waals surface area contributed by atoms with E-state index in [1.165, 1.54) is 13.2 Å². The largest absolute Gasteiger partial charge is 0.480 e. The zero-order valence-electron chi connectivity index (χ0n) is 12.3. The minimum atomic E-state index is -0.537. The zero-order chi connectivity index (χ0) is 15.3. The predicted octanol–water partition coefficient (Wildman–Crippen LogP) is 2.07. The number of nitrogens with zero attached hydrogens (tertiary/aromatic N) is 2. The van der Waals surface area contributed by atoms with Crippen LogP contribution in [0.1, 0.15) is 20.8 Å². The Labute approximate surface area is 119 Å². The molecule has 0 saturated carbocycles. The summed E-state index contributed by atoms with van der Waals surface area (Å²) in [6.07, 6.45) is 6.19. The van der Waals surface area contributed by atoms with E-state index in [4.69, 9.17) is 4.74 Å². The van der Waals surface area contributed by atoms with Crippen molar-refractivity contribution in [1.29, 1.82) is 0 Å². The molecular weight excluding hydrogens is 256 g/mol. The summed E-state index contributed by atoms with van der Waals surface area (Å²) in [6.45, 7) is 9.07. The van der Waals surface area contributed by atoms with Crippen LogP contribution < -0.4 is 0 Å². The van der Waals surface area contributed by atoms with Crippen LogP contribution in [0.3, 0.4) is 0 Å². The van der Waals surface area contributed by atoms with E-state index in [0.29, 0.717) is 5.57 Å². The van der Waals surface area contributed by atoms with Crippen LogP contribution in [-0.2, 0) is 14.3 Å². The average molecular weight is 276 g/mol. The Hall–Kier alpha value is -2.17. The Morgan fingerprint density at radius 2 is 1.90 bits per heavy atom. The first-order valence-electron chi connectivity index (χ1n) is 6.26. The van der Waals surface area contributed by atoms with Gasteiger partial charge in [-0.25, -0.2) is 5.01 Å². The van der Waals surface area contributed by atoms with Crippen molar-refractivity contribution in [3.05, 3.63) is 36.5 Å². The highest BCUT2D eigenvalue weighted by molar-refractivity contribution is 5.96. The van der Waals surface area contributed by atoms with Crippen molar-refractivity contribution >= 4 is 17.6 Å². The van der Waals surface area contributed by atoms with E-state index in [2.05, 4.69) is 11.7 Å². The summed E-state index contributed by atoms with van der Waals surface area (Å²) in [7, 11) is 1.45. The summed E-state index contributed by atoms with van der Waals surface area (Å²) in [4.78, 5) is 24.1. The molecule has 0 aliphatic carbocycles. The maximum absolute atomic E-state index is 12.1. The van der Waals surface area contributed by atoms with Crippen LogP contribution in [0, 0.1) is 5.41 Å². The molecule has 0 aromatic carbocycles. The molecule has 0 spiro atoms. The molecule has 0 aromatic rings. The van der Waals surface area contributed by atoms with Crippen LogP contribution in [0.5, 0.6) is 0 Å². The normalized spacial score (nSPS) is 22.2. The first kappa shape index (κ1) is 15.9. The molecule has 0 radical (unpaired) electrons. The van der Waals surface area contributed by atoms with Crippen molar-refractivity contribution in [2.45, 2.75) is 20.8 Å². The van der Waals surface area contributed by atoms with Gasteiger partial charge in [0.1, 0.15) is 6.54 Å². The number of hydrazone groups is 1. The highest BCUT2D eigenvalue weighted by Gasteiger charge is 2.25. The van der Waals surface area contributed by atoms with Gasteiger partial charge in [-0.1, -0.05) is 39.5 Å². The highest BCUT2D eigenvalue weighted by Crippen LogP contribution is 2.16. The van der Waals surface area contributed by atoms with E-state index >= 15 is 0 Å². The Morgan fingerprint density at radius 3 is 2.45 bits per heavy atom. The lowest BCUT2D eigenvalue weighted by Crippen LogP contribution is -2.36. The summed E-state index contributed by atoms with van der Waals surface area (Å²) in [5.41, 5.74) is 0.108. The SMILES string of the molecule is C=C1/C=C\C(=O)N(CC(=O)C(C)(C)C)/N=C(OC)\C=C/1. The average Bonchev–Trinajstić information content (AvgIpc) is 2.42. The number of ketones is 1. The monoisotopic (exact) mass is 276 g/mol. The molecule has 1 aliphatic rings. The van der Waals surface area contributed by atoms with E-state index in [0.717, 1.165) is 5.01 Å². The molecule has 0 unspecified atom stereocenters. The van der Waals surface area contributed by atoms with Crippen molar-refractivity contribution in [3.8, 4) is 0 Å². The summed E-state index contributed by atoms with van der Waals surface area (Å²) in [5, 5.41) is 5.16. The molecule has 0 N–H and O–H groups in total.